The summed E-state index contributed by atoms with van der Waals surface area (Å²) in [6, 6.07) is 9.73. The van der Waals surface area contributed by atoms with Crippen molar-refractivity contribution in [2.24, 2.45) is 0 Å². The Kier molecular flexibility index (Phi) is 7.67. The van der Waals surface area contributed by atoms with Crippen molar-refractivity contribution >= 4 is 12.0 Å². The molecule has 1 fully saturated rings. The van der Waals surface area contributed by atoms with Gasteiger partial charge in [0.15, 0.2) is 0 Å². The average Bonchev–Trinajstić information content (AvgIpc) is 2.78. The Labute approximate surface area is 180 Å². The van der Waals surface area contributed by atoms with E-state index in [1.807, 2.05) is 11.1 Å². The van der Waals surface area contributed by atoms with Gasteiger partial charge in [0.05, 0.1) is 17.2 Å². The fourth-order valence-electron chi connectivity index (χ4n) is 4.07. The molecule has 0 radical (unpaired) electrons. The number of nitriles is 1. The topological polar surface area (TPSA) is 57.0 Å². The number of rotatable bonds is 8. The number of hydrogen-bond donors (Lipinski definition) is 0. The molecule has 0 amide bonds. The first-order valence-corrected chi connectivity index (χ1v) is 10.7. The Hall–Kier alpha value is -2.88. The predicted molar refractivity (Wildman–Crippen MR) is 113 cm³/mol. The number of piperidine rings is 1. The van der Waals surface area contributed by atoms with Gasteiger partial charge in [0, 0.05) is 37.1 Å². The summed E-state index contributed by atoms with van der Waals surface area (Å²) in [6.45, 7) is 1.32. The number of halogens is 3. The Balaban J connectivity index is 1.56. The maximum Gasteiger partial charge on any atom is 0.417 e. The number of benzene rings is 1. The van der Waals surface area contributed by atoms with Crippen LogP contribution in [0, 0.1) is 11.3 Å². The van der Waals surface area contributed by atoms with Crippen LogP contribution in [0.1, 0.15) is 66.8 Å². The van der Waals surface area contributed by atoms with E-state index in [4.69, 9.17) is 5.26 Å². The van der Waals surface area contributed by atoms with Crippen molar-refractivity contribution < 1.29 is 18.0 Å². The second-order valence-corrected chi connectivity index (χ2v) is 7.95. The number of aldehydes is 1. The molecule has 0 atom stereocenters. The van der Waals surface area contributed by atoms with Gasteiger partial charge in [0.25, 0.3) is 0 Å². The molecule has 7 heteroatoms. The number of unbranched alkanes of at least 4 members (excludes halogenated alkanes) is 3. The Morgan fingerprint density at radius 3 is 2.52 bits per heavy atom. The summed E-state index contributed by atoms with van der Waals surface area (Å²) in [7, 11) is 0. The molecule has 3 rings (SSSR count). The van der Waals surface area contributed by atoms with Gasteiger partial charge in [-0.05, 0) is 67.9 Å². The van der Waals surface area contributed by atoms with Crippen LogP contribution in [-0.4, -0.2) is 24.4 Å². The van der Waals surface area contributed by atoms with Crippen LogP contribution in [0.5, 0.6) is 0 Å². The molecule has 0 bridgehead atoms. The van der Waals surface area contributed by atoms with E-state index < -0.39 is 11.7 Å². The van der Waals surface area contributed by atoms with E-state index >= 15 is 0 Å². The third-order valence-electron chi connectivity index (χ3n) is 5.86. The monoisotopic (exact) mass is 429 g/mol. The van der Waals surface area contributed by atoms with Gasteiger partial charge in [-0.15, -0.1) is 0 Å². The molecule has 1 aliphatic heterocycles. The second kappa shape index (κ2) is 10.4. The van der Waals surface area contributed by atoms with Crippen LogP contribution >= 0.6 is 0 Å². The standard InChI is InChI=1S/C24H26F3N3O/c25-24(26,27)23-15-22(9-7-19(23)16-28)30-12-10-18(11-13-30)20-6-8-21(29-17-20)5-3-1-2-4-14-31/h6-9,14-15,17-18H,1-5,10-13H2. The molecule has 1 aromatic heterocycles. The molecule has 4 nitrogen and oxygen atoms in total. The summed E-state index contributed by atoms with van der Waals surface area (Å²) >= 11 is 0. The zero-order valence-corrected chi connectivity index (χ0v) is 17.4. The molecule has 0 aliphatic carbocycles. The molecule has 0 unspecified atom stereocenters. The van der Waals surface area contributed by atoms with Gasteiger partial charge in [0.1, 0.15) is 6.29 Å². The van der Waals surface area contributed by atoms with E-state index in [-0.39, 0.29) is 5.56 Å². The fraction of sp³-hybridized carbons (Fsp3) is 0.458. The van der Waals surface area contributed by atoms with Crippen LogP contribution in [-0.2, 0) is 17.4 Å². The van der Waals surface area contributed by atoms with Gasteiger partial charge in [-0.3, -0.25) is 4.98 Å². The number of aromatic nitrogens is 1. The van der Waals surface area contributed by atoms with Crippen molar-refractivity contribution in [2.45, 2.75) is 57.0 Å². The van der Waals surface area contributed by atoms with Gasteiger partial charge in [-0.25, -0.2) is 0 Å². The van der Waals surface area contributed by atoms with Crippen LogP contribution in [0.25, 0.3) is 0 Å². The molecule has 0 spiro atoms. The van der Waals surface area contributed by atoms with Crippen molar-refractivity contribution in [3.63, 3.8) is 0 Å². The summed E-state index contributed by atoms with van der Waals surface area (Å²) < 4.78 is 39.7. The normalized spacial score (nSPS) is 15.0. The molecule has 31 heavy (non-hydrogen) atoms. The molecule has 1 saturated heterocycles. The largest absolute Gasteiger partial charge is 0.417 e. The van der Waals surface area contributed by atoms with E-state index in [0.717, 1.165) is 56.6 Å². The van der Waals surface area contributed by atoms with Crippen molar-refractivity contribution in [1.82, 2.24) is 4.98 Å². The first kappa shape index (κ1) is 22.8. The lowest BCUT2D eigenvalue weighted by Crippen LogP contribution is -2.33. The highest BCUT2D eigenvalue weighted by molar-refractivity contribution is 5.55. The lowest BCUT2D eigenvalue weighted by atomic mass is 9.90. The molecule has 1 aliphatic rings. The van der Waals surface area contributed by atoms with E-state index in [1.165, 1.54) is 11.6 Å². The molecular weight excluding hydrogens is 403 g/mol. The number of carbonyl (C=O) groups excluding carboxylic acids is 1. The van der Waals surface area contributed by atoms with Crippen molar-refractivity contribution in [2.75, 3.05) is 18.0 Å². The zero-order valence-electron chi connectivity index (χ0n) is 17.4. The van der Waals surface area contributed by atoms with Gasteiger partial charge in [-0.2, -0.15) is 18.4 Å². The van der Waals surface area contributed by atoms with Crippen molar-refractivity contribution in [1.29, 1.82) is 5.26 Å². The molecule has 0 saturated carbocycles. The minimum Gasteiger partial charge on any atom is -0.371 e. The summed E-state index contributed by atoms with van der Waals surface area (Å²) in [5, 5.41) is 8.96. The lowest BCUT2D eigenvalue weighted by molar-refractivity contribution is -0.137. The number of alkyl halides is 3. The van der Waals surface area contributed by atoms with Crippen LogP contribution in [0.15, 0.2) is 36.5 Å². The minimum absolute atomic E-state index is 0.339. The maximum absolute atomic E-state index is 13.2. The van der Waals surface area contributed by atoms with Crippen LogP contribution in [0.3, 0.4) is 0 Å². The molecular formula is C24H26F3N3O. The second-order valence-electron chi connectivity index (χ2n) is 7.95. The summed E-state index contributed by atoms with van der Waals surface area (Å²) in [6.07, 6.45) is 4.49. The number of hydrogen-bond acceptors (Lipinski definition) is 4. The van der Waals surface area contributed by atoms with Crippen LogP contribution in [0.4, 0.5) is 18.9 Å². The highest BCUT2D eigenvalue weighted by Crippen LogP contribution is 2.36. The zero-order chi connectivity index (χ0) is 22.3. The Bertz CT molecular complexity index is 911. The summed E-state index contributed by atoms with van der Waals surface area (Å²) in [5.41, 5.74) is 1.50. The van der Waals surface area contributed by atoms with Crippen molar-refractivity contribution in [3.05, 3.63) is 58.9 Å². The van der Waals surface area contributed by atoms with Gasteiger partial charge < -0.3 is 9.69 Å². The SMILES string of the molecule is N#Cc1ccc(N2CCC(c3ccc(CCCCCC=O)nc3)CC2)cc1C(F)(F)F. The van der Waals surface area contributed by atoms with E-state index in [0.29, 0.717) is 31.1 Å². The van der Waals surface area contributed by atoms with Crippen LogP contribution < -0.4 is 4.90 Å². The molecule has 164 valence electrons. The number of anilines is 1. The van der Waals surface area contributed by atoms with Gasteiger partial charge >= 0.3 is 6.18 Å². The van der Waals surface area contributed by atoms with E-state index in [9.17, 15) is 18.0 Å². The maximum atomic E-state index is 13.2. The molecule has 2 heterocycles. The fourth-order valence-corrected chi connectivity index (χ4v) is 4.07. The highest BCUT2D eigenvalue weighted by Gasteiger charge is 2.34. The molecule has 0 N–H and O–H groups in total. The van der Waals surface area contributed by atoms with Crippen molar-refractivity contribution in [3.8, 4) is 6.07 Å². The van der Waals surface area contributed by atoms with Gasteiger partial charge in [0.2, 0.25) is 0 Å². The van der Waals surface area contributed by atoms with Gasteiger partial charge in [-0.1, -0.05) is 12.5 Å². The minimum atomic E-state index is -4.54. The third kappa shape index (κ3) is 6.06. The first-order chi connectivity index (χ1) is 14.9. The smallest absolute Gasteiger partial charge is 0.371 e. The summed E-state index contributed by atoms with van der Waals surface area (Å²) in [5.74, 6) is 0.339. The number of pyridine rings is 1. The molecule has 1 aromatic carbocycles. The lowest BCUT2D eigenvalue weighted by Gasteiger charge is -2.34. The predicted octanol–water partition coefficient (Wildman–Crippen LogP) is 5.66. The van der Waals surface area contributed by atoms with Crippen LogP contribution in [0.2, 0.25) is 0 Å². The quantitative estimate of drug-likeness (QED) is 0.401. The Morgan fingerprint density at radius 2 is 1.90 bits per heavy atom. The summed E-state index contributed by atoms with van der Waals surface area (Å²) in [4.78, 5) is 16.9. The number of aryl methyl sites for hydroxylation is 1. The number of nitrogens with zero attached hydrogens (tertiary/aromatic N) is 3. The Morgan fingerprint density at radius 1 is 1.13 bits per heavy atom. The highest BCUT2D eigenvalue weighted by atomic mass is 19.4. The molecule has 2 aromatic rings. The van der Waals surface area contributed by atoms with E-state index in [2.05, 4.69) is 17.1 Å². The average molecular weight is 429 g/mol. The first-order valence-electron chi connectivity index (χ1n) is 10.7. The van der Waals surface area contributed by atoms with E-state index in [1.54, 1.807) is 12.1 Å². The number of carbonyl (C=O) groups is 1. The third-order valence-corrected chi connectivity index (χ3v) is 5.86.